The highest BCUT2D eigenvalue weighted by Gasteiger charge is 2.60. The fourth-order valence-electron chi connectivity index (χ4n) is 6.01. The molecule has 208 valence electrons. The molecule has 0 radical (unpaired) electrons. The van der Waals surface area contributed by atoms with Gasteiger partial charge in [0.2, 0.25) is 5.91 Å². The molecular weight excluding hydrogens is 488 g/mol. The number of benzene rings is 2. The summed E-state index contributed by atoms with van der Waals surface area (Å²) in [6.07, 6.45) is 1.01. The van der Waals surface area contributed by atoms with Gasteiger partial charge in [-0.15, -0.1) is 0 Å². The number of β-amino-alcohol motifs (C(OH)–C–C–N with tert-alkyl or cyclic N) is 1. The highest BCUT2D eigenvalue weighted by atomic mass is 19.1. The molecule has 1 saturated carbocycles. The van der Waals surface area contributed by atoms with Gasteiger partial charge in [0.15, 0.2) is 0 Å². The predicted octanol–water partition coefficient (Wildman–Crippen LogP) is 3.56. The molecular formula is C30H41F2N3O3. The lowest BCUT2D eigenvalue weighted by atomic mass is 9.77. The monoisotopic (exact) mass is 529 g/mol. The number of halogens is 2. The summed E-state index contributed by atoms with van der Waals surface area (Å²) in [5.41, 5.74) is 1.38. The van der Waals surface area contributed by atoms with Crippen molar-refractivity contribution in [3.8, 4) is 0 Å². The van der Waals surface area contributed by atoms with Crippen LogP contribution in [0.5, 0.6) is 0 Å². The fourth-order valence-corrected chi connectivity index (χ4v) is 6.01. The second-order valence-electron chi connectivity index (χ2n) is 12.1. The van der Waals surface area contributed by atoms with Gasteiger partial charge in [0.1, 0.15) is 11.6 Å². The molecule has 2 fully saturated rings. The minimum atomic E-state index is -0.995. The van der Waals surface area contributed by atoms with Crippen LogP contribution in [0.2, 0.25) is 0 Å². The van der Waals surface area contributed by atoms with Crippen LogP contribution in [-0.4, -0.2) is 65.4 Å². The van der Waals surface area contributed by atoms with Crippen LogP contribution < -0.4 is 10.6 Å². The van der Waals surface area contributed by atoms with E-state index in [0.717, 1.165) is 37.6 Å². The van der Waals surface area contributed by atoms with E-state index >= 15 is 0 Å². The molecule has 1 heterocycles. The van der Waals surface area contributed by atoms with Gasteiger partial charge in [0.25, 0.3) is 0 Å². The molecule has 4 rings (SSSR count). The smallest absolute Gasteiger partial charge is 0.217 e. The van der Waals surface area contributed by atoms with Gasteiger partial charge in [-0.05, 0) is 53.5 Å². The zero-order chi connectivity index (χ0) is 27.7. The average molecular weight is 530 g/mol. The average Bonchev–Trinajstić information content (AvgIpc) is 3.57. The first-order chi connectivity index (χ1) is 17.9. The Balaban J connectivity index is 1.59. The summed E-state index contributed by atoms with van der Waals surface area (Å²) in [6.45, 7) is 10.5. The number of piperidine rings is 1. The van der Waals surface area contributed by atoms with Crippen molar-refractivity contribution in [2.45, 2.75) is 75.5 Å². The Bertz CT molecular complexity index is 1120. The molecule has 2 aromatic rings. The number of amides is 1. The molecule has 0 aromatic heterocycles. The number of aliphatic hydroxyl groups is 2. The lowest BCUT2D eigenvalue weighted by Crippen LogP contribution is -2.57. The Morgan fingerprint density at radius 1 is 1.13 bits per heavy atom. The van der Waals surface area contributed by atoms with Crippen molar-refractivity contribution >= 4 is 5.91 Å². The van der Waals surface area contributed by atoms with Crippen molar-refractivity contribution < 1.29 is 23.8 Å². The third-order valence-electron chi connectivity index (χ3n) is 8.34. The lowest BCUT2D eigenvalue weighted by molar-refractivity contribution is -0.121. The molecule has 3 atom stereocenters. The standard InChI is InChI=1S/C30H41F2N3O3/c1-20(37)34-30(18-26(30)21-14-24(31)17-25(32)15-21)27(38)19-33-29(8-10-35(11-9-29)12-13-36)23-7-5-6-22(16-23)28(2,3)4/h5-7,14-17,26-27,33,36,38H,8-13,18-19H2,1-4H3,(H,34,37)/t26?,27-,30+/m1/s1. The van der Waals surface area contributed by atoms with Crippen molar-refractivity contribution in [2.24, 2.45) is 0 Å². The molecule has 1 amide bonds. The zero-order valence-electron chi connectivity index (χ0n) is 22.9. The van der Waals surface area contributed by atoms with Crippen LogP contribution in [0.3, 0.4) is 0 Å². The molecule has 4 N–H and O–H groups in total. The van der Waals surface area contributed by atoms with Crippen molar-refractivity contribution in [2.75, 3.05) is 32.8 Å². The highest BCUT2D eigenvalue weighted by Crippen LogP contribution is 2.54. The minimum absolute atomic E-state index is 0.0226. The second-order valence-corrected chi connectivity index (χ2v) is 12.1. The van der Waals surface area contributed by atoms with Crippen molar-refractivity contribution in [3.63, 3.8) is 0 Å². The first kappa shape index (κ1) is 28.6. The summed E-state index contributed by atoms with van der Waals surface area (Å²) in [5, 5.41) is 27.4. The number of carbonyl (C=O) groups is 1. The topological polar surface area (TPSA) is 84.8 Å². The normalized spacial score (nSPS) is 24.2. The number of nitrogens with one attached hydrogen (secondary N) is 2. The van der Waals surface area contributed by atoms with Gasteiger partial charge in [-0.25, -0.2) is 8.78 Å². The SMILES string of the molecule is CC(=O)N[C@@]1([C@H](O)CNC2(c3cccc(C(C)(C)C)c3)CCN(CCO)CC2)CC1c1cc(F)cc(F)c1. The van der Waals surface area contributed by atoms with E-state index in [4.69, 9.17) is 0 Å². The molecule has 1 unspecified atom stereocenters. The van der Waals surface area contributed by atoms with E-state index in [-0.39, 0.29) is 30.4 Å². The lowest BCUT2D eigenvalue weighted by Gasteiger charge is -2.44. The molecule has 8 heteroatoms. The van der Waals surface area contributed by atoms with Gasteiger partial charge in [0, 0.05) is 50.6 Å². The third-order valence-corrected chi connectivity index (χ3v) is 8.34. The van der Waals surface area contributed by atoms with Gasteiger partial charge in [-0.2, -0.15) is 0 Å². The van der Waals surface area contributed by atoms with Crippen LogP contribution in [0.4, 0.5) is 8.78 Å². The summed E-state index contributed by atoms with van der Waals surface area (Å²) in [7, 11) is 0. The molecule has 0 bridgehead atoms. The van der Waals surface area contributed by atoms with Gasteiger partial charge >= 0.3 is 0 Å². The van der Waals surface area contributed by atoms with Crippen LogP contribution in [0.25, 0.3) is 0 Å². The Morgan fingerprint density at radius 3 is 2.37 bits per heavy atom. The molecule has 1 aliphatic carbocycles. The number of aliphatic hydroxyl groups excluding tert-OH is 2. The number of carbonyl (C=O) groups excluding carboxylic acids is 1. The van der Waals surface area contributed by atoms with Crippen LogP contribution in [0, 0.1) is 11.6 Å². The van der Waals surface area contributed by atoms with Crippen LogP contribution in [0.1, 0.15) is 69.6 Å². The maximum atomic E-state index is 13.9. The van der Waals surface area contributed by atoms with E-state index < -0.39 is 28.8 Å². The largest absolute Gasteiger partial charge is 0.395 e. The maximum absolute atomic E-state index is 13.9. The van der Waals surface area contributed by atoms with Gasteiger partial charge in [-0.3, -0.25) is 4.79 Å². The molecule has 6 nitrogen and oxygen atoms in total. The van der Waals surface area contributed by atoms with E-state index in [0.29, 0.717) is 18.5 Å². The van der Waals surface area contributed by atoms with Crippen molar-refractivity contribution in [1.82, 2.24) is 15.5 Å². The molecule has 0 spiro atoms. The summed E-state index contributed by atoms with van der Waals surface area (Å²) >= 11 is 0. The van der Waals surface area contributed by atoms with Gasteiger partial charge < -0.3 is 25.7 Å². The van der Waals surface area contributed by atoms with Crippen LogP contribution in [0.15, 0.2) is 42.5 Å². The first-order valence-corrected chi connectivity index (χ1v) is 13.5. The number of rotatable bonds is 9. The van der Waals surface area contributed by atoms with Gasteiger partial charge in [0.05, 0.1) is 18.2 Å². The summed E-state index contributed by atoms with van der Waals surface area (Å²) < 4.78 is 27.9. The number of hydrogen-bond acceptors (Lipinski definition) is 5. The first-order valence-electron chi connectivity index (χ1n) is 13.5. The Hall–Kier alpha value is -2.39. The summed E-state index contributed by atoms with van der Waals surface area (Å²) in [5.74, 6) is -2.04. The summed E-state index contributed by atoms with van der Waals surface area (Å²) in [4.78, 5) is 14.4. The minimum Gasteiger partial charge on any atom is -0.395 e. The Labute approximate surface area is 224 Å². The fraction of sp³-hybridized carbons (Fsp3) is 0.567. The van der Waals surface area contributed by atoms with E-state index in [1.807, 2.05) is 0 Å². The van der Waals surface area contributed by atoms with E-state index in [2.05, 4.69) is 60.6 Å². The quantitative estimate of drug-likeness (QED) is 0.399. The number of likely N-dealkylation sites (tertiary alicyclic amines) is 1. The Morgan fingerprint density at radius 2 is 1.79 bits per heavy atom. The Kier molecular flexibility index (Phi) is 8.28. The van der Waals surface area contributed by atoms with E-state index in [1.165, 1.54) is 24.6 Å². The van der Waals surface area contributed by atoms with Crippen molar-refractivity contribution in [3.05, 3.63) is 70.8 Å². The van der Waals surface area contributed by atoms with E-state index in [1.54, 1.807) is 0 Å². The van der Waals surface area contributed by atoms with Crippen LogP contribution >= 0.6 is 0 Å². The molecule has 38 heavy (non-hydrogen) atoms. The zero-order valence-corrected chi connectivity index (χ0v) is 22.9. The van der Waals surface area contributed by atoms with Crippen molar-refractivity contribution in [1.29, 1.82) is 0 Å². The van der Waals surface area contributed by atoms with Gasteiger partial charge in [-0.1, -0.05) is 45.0 Å². The predicted molar refractivity (Wildman–Crippen MR) is 144 cm³/mol. The molecule has 1 aliphatic heterocycles. The molecule has 2 aromatic carbocycles. The van der Waals surface area contributed by atoms with Crippen LogP contribution in [-0.2, 0) is 15.7 Å². The molecule has 1 saturated heterocycles. The maximum Gasteiger partial charge on any atom is 0.217 e. The summed E-state index contributed by atoms with van der Waals surface area (Å²) in [6, 6.07) is 11.9. The van der Waals surface area contributed by atoms with E-state index in [9.17, 15) is 23.8 Å². The number of hydrogen-bond donors (Lipinski definition) is 4. The molecule has 2 aliphatic rings. The number of nitrogens with zero attached hydrogens (tertiary/aromatic N) is 1. The highest BCUT2D eigenvalue weighted by molar-refractivity contribution is 5.75. The third kappa shape index (κ3) is 6.09. The second kappa shape index (κ2) is 11.0.